The number of anilines is 1. The van der Waals surface area contributed by atoms with Gasteiger partial charge >= 0.3 is 0 Å². The van der Waals surface area contributed by atoms with Gasteiger partial charge in [-0.2, -0.15) is 0 Å². The first-order chi connectivity index (χ1) is 15.0. The average Bonchev–Trinajstić information content (AvgIpc) is 3.39. The Morgan fingerprint density at radius 3 is 2.81 bits per heavy atom. The molecule has 3 aromatic rings. The van der Waals surface area contributed by atoms with E-state index in [2.05, 4.69) is 27.7 Å². The highest BCUT2D eigenvalue weighted by molar-refractivity contribution is 8.00. The highest BCUT2D eigenvalue weighted by atomic mass is 32.2. The second-order valence-corrected chi connectivity index (χ2v) is 8.66. The van der Waals surface area contributed by atoms with E-state index in [1.807, 2.05) is 17.0 Å². The van der Waals surface area contributed by atoms with Gasteiger partial charge in [0.05, 0.1) is 18.6 Å². The van der Waals surface area contributed by atoms with Crippen LogP contribution < -0.4 is 10.1 Å². The van der Waals surface area contributed by atoms with E-state index in [-0.39, 0.29) is 17.6 Å². The molecule has 1 saturated heterocycles. The molecule has 1 fully saturated rings. The Balaban J connectivity index is 1.24. The molecule has 0 unspecified atom stereocenters. The van der Waals surface area contributed by atoms with Crippen LogP contribution >= 0.6 is 11.8 Å². The average molecular weight is 443 g/mol. The molecule has 31 heavy (non-hydrogen) atoms. The first kappa shape index (κ1) is 21.3. The van der Waals surface area contributed by atoms with E-state index in [0.717, 1.165) is 37.2 Å². The number of amides is 2. The van der Waals surface area contributed by atoms with Crippen molar-refractivity contribution in [1.29, 1.82) is 0 Å². The summed E-state index contributed by atoms with van der Waals surface area (Å²) in [7, 11) is 1.68. The lowest BCUT2D eigenvalue weighted by Gasteiger charge is -2.32. The number of aryl methyl sites for hydroxylation is 1. The number of piperidine rings is 1. The number of fused-ring (bicyclic) bond motifs is 1. The zero-order valence-corrected chi connectivity index (χ0v) is 18.5. The number of carbonyl (C=O) groups is 2. The summed E-state index contributed by atoms with van der Waals surface area (Å²) in [6.45, 7) is 3.21. The molecular weight excluding hydrogens is 416 g/mol. The molecule has 1 aliphatic heterocycles. The largest absolute Gasteiger partial charge is 0.497 e. The summed E-state index contributed by atoms with van der Waals surface area (Å²) in [6, 6.07) is 7.71. The van der Waals surface area contributed by atoms with Gasteiger partial charge in [-0.3, -0.25) is 9.59 Å². The number of likely N-dealkylation sites (tertiary alicyclic amines) is 1. The van der Waals surface area contributed by atoms with Crippen LogP contribution in [0.15, 0.2) is 35.0 Å². The topological polar surface area (TPSA) is 100 Å². The number of H-pyrrole nitrogens is 1. The Labute approximate surface area is 184 Å². The van der Waals surface area contributed by atoms with Crippen molar-refractivity contribution in [1.82, 2.24) is 15.0 Å². The SMILES string of the molecule is COc1ccc2[nH]cc(C3CCN(C(=O)CSCC(=O)Nc4cc(C)on4)CC3)c2c1. The summed E-state index contributed by atoms with van der Waals surface area (Å²) in [5, 5.41) is 7.58. The van der Waals surface area contributed by atoms with Gasteiger partial charge in [0.25, 0.3) is 0 Å². The van der Waals surface area contributed by atoms with Crippen molar-refractivity contribution in [2.75, 3.05) is 37.0 Å². The van der Waals surface area contributed by atoms with Crippen LogP contribution in [0.25, 0.3) is 10.9 Å². The third-order valence-electron chi connectivity index (χ3n) is 5.56. The van der Waals surface area contributed by atoms with E-state index in [9.17, 15) is 9.59 Å². The second-order valence-electron chi connectivity index (χ2n) is 7.67. The Hall–Kier alpha value is -2.94. The number of hydrogen-bond acceptors (Lipinski definition) is 6. The van der Waals surface area contributed by atoms with Crippen LogP contribution in [-0.2, 0) is 9.59 Å². The molecule has 0 bridgehead atoms. The molecule has 4 rings (SSSR count). The predicted molar refractivity (Wildman–Crippen MR) is 121 cm³/mol. The normalized spacial score (nSPS) is 14.7. The minimum atomic E-state index is -0.195. The molecule has 2 N–H and O–H groups in total. The maximum atomic E-state index is 12.6. The first-order valence-electron chi connectivity index (χ1n) is 10.3. The Morgan fingerprint density at radius 2 is 2.10 bits per heavy atom. The summed E-state index contributed by atoms with van der Waals surface area (Å²) < 4.78 is 10.3. The molecule has 8 nitrogen and oxygen atoms in total. The van der Waals surface area contributed by atoms with Crippen LogP contribution in [-0.4, -0.2) is 58.6 Å². The molecular formula is C22H26N4O4S. The quantitative estimate of drug-likeness (QED) is 0.580. The fourth-order valence-corrected chi connectivity index (χ4v) is 4.67. The van der Waals surface area contributed by atoms with Crippen LogP contribution in [0.3, 0.4) is 0 Å². The summed E-state index contributed by atoms with van der Waals surface area (Å²) in [5.41, 5.74) is 2.39. The van der Waals surface area contributed by atoms with E-state index < -0.39 is 0 Å². The number of benzene rings is 1. The zero-order valence-electron chi connectivity index (χ0n) is 17.6. The lowest BCUT2D eigenvalue weighted by atomic mass is 9.89. The molecule has 9 heteroatoms. The smallest absolute Gasteiger partial charge is 0.235 e. The van der Waals surface area contributed by atoms with Crippen LogP contribution in [0.4, 0.5) is 5.82 Å². The number of aromatic nitrogens is 2. The van der Waals surface area contributed by atoms with Crippen molar-refractivity contribution < 1.29 is 18.8 Å². The van der Waals surface area contributed by atoms with E-state index in [1.165, 1.54) is 22.7 Å². The zero-order chi connectivity index (χ0) is 21.8. The molecule has 2 amide bonds. The van der Waals surface area contributed by atoms with Crippen molar-refractivity contribution in [3.05, 3.63) is 41.8 Å². The van der Waals surface area contributed by atoms with Gasteiger partial charge in [0, 0.05) is 36.3 Å². The maximum absolute atomic E-state index is 12.6. The minimum Gasteiger partial charge on any atom is -0.497 e. The third-order valence-corrected chi connectivity index (χ3v) is 6.48. The Morgan fingerprint density at radius 1 is 1.29 bits per heavy atom. The van der Waals surface area contributed by atoms with Crippen molar-refractivity contribution in [2.45, 2.75) is 25.7 Å². The van der Waals surface area contributed by atoms with Crippen LogP contribution in [0, 0.1) is 6.92 Å². The van der Waals surface area contributed by atoms with Crippen molar-refractivity contribution in [2.24, 2.45) is 0 Å². The van der Waals surface area contributed by atoms with Crippen LogP contribution in [0.2, 0.25) is 0 Å². The standard InChI is InChI=1S/C22H26N4O4S/c1-14-9-20(25-30-14)24-21(27)12-31-13-22(28)26-7-5-15(6-8-26)18-11-23-19-4-3-16(29-2)10-17(18)19/h3-4,9-11,15,23H,5-8,12-13H2,1-2H3,(H,24,25,27). The highest BCUT2D eigenvalue weighted by Crippen LogP contribution is 2.34. The number of methoxy groups -OCH3 is 1. The van der Waals surface area contributed by atoms with Crippen molar-refractivity contribution in [3.8, 4) is 5.75 Å². The molecule has 2 aromatic heterocycles. The van der Waals surface area contributed by atoms with E-state index in [1.54, 1.807) is 20.1 Å². The lowest BCUT2D eigenvalue weighted by molar-refractivity contribution is -0.129. The van der Waals surface area contributed by atoms with E-state index >= 15 is 0 Å². The van der Waals surface area contributed by atoms with Gasteiger partial charge in [-0.05, 0) is 49.4 Å². The van der Waals surface area contributed by atoms with Crippen LogP contribution in [0.5, 0.6) is 5.75 Å². The van der Waals surface area contributed by atoms with Gasteiger partial charge in [-0.1, -0.05) is 5.16 Å². The van der Waals surface area contributed by atoms with E-state index in [4.69, 9.17) is 9.26 Å². The van der Waals surface area contributed by atoms with Crippen molar-refractivity contribution in [3.63, 3.8) is 0 Å². The molecule has 0 saturated carbocycles. The number of nitrogens with one attached hydrogen (secondary N) is 2. The molecule has 1 aliphatic rings. The lowest BCUT2D eigenvalue weighted by Crippen LogP contribution is -2.39. The Kier molecular flexibility index (Phi) is 6.50. The van der Waals surface area contributed by atoms with Gasteiger partial charge in [-0.25, -0.2) is 0 Å². The molecule has 0 aliphatic carbocycles. The molecule has 3 heterocycles. The summed E-state index contributed by atoms with van der Waals surface area (Å²) in [6.07, 6.45) is 3.93. The monoisotopic (exact) mass is 442 g/mol. The van der Waals surface area contributed by atoms with Gasteiger partial charge in [0.1, 0.15) is 11.5 Å². The maximum Gasteiger partial charge on any atom is 0.235 e. The Bertz CT molecular complexity index is 1070. The molecule has 0 atom stereocenters. The number of rotatable bonds is 7. The van der Waals surface area contributed by atoms with Gasteiger partial charge < -0.3 is 24.5 Å². The highest BCUT2D eigenvalue weighted by Gasteiger charge is 2.25. The molecule has 1 aromatic carbocycles. The fraction of sp³-hybridized carbons (Fsp3) is 0.409. The van der Waals surface area contributed by atoms with Gasteiger partial charge in [0.15, 0.2) is 5.82 Å². The van der Waals surface area contributed by atoms with Gasteiger partial charge in [0.2, 0.25) is 11.8 Å². The third kappa shape index (κ3) is 5.04. The summed E-state index contributed by atoms with van der Waals surface area (Å²) in [4.78, 5) is 29.8. The van der Waals surface area contributed by atoms with Gasteiger partial charge in [-0.15, -0.1) is 11.8 Å². The number of hydrogen-bond donors (Lipinski definition) is 2. The molecule has 0 spiro atoms. The fourth-order valence-electron chi connectivity index (χ4n) is 3.95. The second kappa shape index (κ2) is 9.47. The van der Waals surface area contributed by atoms with Crippen LogP contribution in [0.1, 0.15) is 30.1 Å². The predicted octanol–water partition coefficient (Wildman–Crippen LogP) is 3.55. The number of ether oxygens (including phenoxy) is 1. The first-order valence-corrected chi connectivity index (χ1v) is 11.4. The summed E-state index contributed by atoms with van der Waals surface area (Å²) in [5.74, 6) is 2.66. The number of thioether (sulfide) groups is 1. The minimum absolute atomic E-state index is 0.0779. The number of nitrogens with zero attached hydrogens (tertiary/aromatic N) is 2. The summed E-state index contributed by atoms with van der Waals surface area (Å²) >= 11 is 1.31. The van der Waals surface area contributed by atoms with E-state index in [0.29, 0.717) is 23.2 Å². The molecule has 164 valence electrons. The number of aromatic amines is 1. The molecule has 0 radical (unpaired) electrons. The van der Waals surface area contributed by atoms with Crippen molar-refractivity contribution >= 4 is 40.3 Å². The number of carbonyl (C=O) groups excluding carboxylic acids is 2.